The van der Waals surface area contributed by atoms with Crippen molar-refractivity contribution in [2.24, 2.45) is 57.2 Å². The van der Waals surface area contributed by atoms with E-state index in [-0.39, 0.29) is 17.4 Å². The van der Waals surface area contributed by atoms with Crippen molar-refractivity contribution >= 4 is 5.97 Å². The minimum absolute atomic E-state index is 0.00724. The molecule has 3 nitrogen and oxygen atoms in total. The molecule has 0 aromatic heterocycles. The molecule has 10 atom stereocenters. The third kappa shape index (κ3) is 2.72. The predicted molar refractivity (Wildman–Crippen MR) is 128 cm³/mol. The number of aliphatic hydroxyl groups excluding tert-OH is 1. The summed E-state index contributed by atoms with van der Waals surface area (Å²) in [5.41, 5.74) is 1.30. The molecule has 180 valence electrons. The average molecular weight is 443 g/mol. The van der Waals surface area contributed by atoms with Crippen LogP contribution in [0.25, 0.3) is 0 Å². The van der Waals surface area contributed by atoms with Crippen molar-refractivity contribution in [3.05, 3.63) is 12.2 Å². The molecule has 5 fully saturated rings. The van der Waals surface area contributed by atoms with Crippen molar-refractivity contribution < 1.29 is 15.0 Å². The second kappa shape index (κ2) is 7.09. The Labute approximate surface area is 195 Å². The Morgan fingerprint density at radius 3 is 2.16 bits per heavy atom. The van der Waals surface area contributed by atoms with Crippen LogP contribution >= 0.6 is 0 Å². The molecule has 0 spiro atoms. The Kier molecular flexibility index (Phi) is 5.08. The van der Waals surface area contributed by atoms with E-state index in [1.807, 2.05) is 0 Å². The minimum Gasteiger partial charge on any atom is -0.481 e. The molecular weight excluding hydrogens is 396 g/mol. The van der Waals surface area contributed by atoms with Gasteiger partial charge in [0, 0.05) is 0 Å². The van der Waals surface area contributed by atoms with Crippen molar-refractivity contribution in [3.63, 3.8) is 0 Å². The van der Waals surface area contributed by atoms with Crippen LogP contribution in [0.5, 0.6) is 0 Å². The lowest BCUT2D eigenvalue weighted by molar-refractivity contribution is -0.217. The van der Waals surface area contributed by atoms with Crippen LogP contribution < -0.4 is 0 Å². The van der Waals surface area contributed by atoms with Crippen LogP contribution in [0.1, 0.15) is 98.8 Å². The maximum atomic E-state index is 12.7. The van der Waals surface area contributed by atoms with Crippen molar-refractivity contribution in [2.45, 2.75) is 105 Å². The number of aliphatic carboxylic acids is 1. The van der Waals surface area contributed by atoms with Crippen LogP contribution in [-0.2, 0) is 4.79 Å². The Bertz CT molecular complexity index is 815. The van der Waals surface area contributed by atoms with Crippen LogP contribution in [0.4, 0.5) is 0 Å². The summed E-state index contributed by atoms with van der Waals surface area (Å²) in [6.07, 6.45) is 10.6. The van der Waals surface area contributed by atoms with Gasteiger partial charge in [0.1, 0.15) is 0 Å². The number of rotatable bonds is 2. The molecule has 0 bridgehead atoms. The van der Waals surface area contributed by atoms with Crippen molar-refractivity contribution in [1.29, 1.82) is 0 Å². The van der Waals surface area contributed by atoms with Gasteiger partial charge in [-0.05, 0) is 123 Å². The number of hydrogen-bond acceptors (Lipinski definition) is 2. The van der Waals surface area contributed by atoms with Gasteiger partial charge in [-0.1, -0.05) is 39.8 Å². The second-order valence-corrected chi connectivity index (χ2v) is 13.9. The van der Waals surface area contributed by atoms with Crippen LogP contribution in [-0.4, -0.2) is 22.3 Å². The molecule has 0 unspecified atom stereocenters. The molecule has 5 saturated carbocycles. The Balaban J connectivity index is 1.52. The normalized spacial score (nSPS) is 54.0. The fourth-order valence-electron chi connectivity index (χ4n) is 11.2. The maximum Gasteiger partial charge on any atom is 0.309 e. The summed E-state index contributed by atoms with van der Waals surface area (Å²) in [5.74, 6) is 2.60. The zero-order valence-electron chi connectivity index (χ0n) is 21.1. The minimum atomic E-state index is -0.532. The highest BCUT2D eigenvalue weighted by Gasteiger charge is 2.68. The molecule has 0 aliphatic heterocycles. The van der Waals surface area contributed by atoms with Gasteiger partial charge in [0.15, 0.2) is 0 Å². The standard InChI is InChI=1S/C29H46O3/c1-17(2)18-9-15-29(25(31)32)16-10-20-19(24(18)29)7-8-22-27(20,5)13-11-21-26(3,4)23(30)12-14-28(21,22)6/h18-24,30H,1,7-16H2,2-6H3,(H,31,32)/t18-,19+,20-,21+,22+,23+,24-,27+,28+,29-/m0/s1. The summed E-state index contributed by atoms with van der Waals surface area (Å²) >= 11 is 0. The van der Waals surface area contributed by atoms with E-state index in [0.717, 1.165) is 38.5 Å². The fourth-order valence-corrected chi connectivity index (χ4v) is 11.2. The van der Waals surface area contributed by atoms with Gasteiger partial charge in [0.25, 0.3) is 0 Å². The molecule has 5 aliphatic carbocycles. The Hall–Kier alpha value is -0.830. The number of fused-ring (bicyclic) bond motifs is 7. The summed E-state index contributed by atoms with van der Waals surface area (Å²) < 4.78 is 0. The summed E-state index contributed by atoms with van der Waals surface area (Å²) in [5, 5.41) is 21.2. The lowest BCUT2D eigenvalue weighted by atomic mass is 9.36. The third-order valence-corrected chi connectivity index (χ3v) is 12.6. The van der Waals surface area contributed by atoms with E-state index in [1.54, 1.807) is 0 Å². The number of aliphatic hydroxyl groups is 1. The molecule has 0 saturated heterocycles. The highest BCUT2D eigenvalue weighted by atomic mass is 16.4. The zero-order chi connectivity index (χ0) is 23.3. The van der Waals surface area contributed by atoms with Gasteiger partial charge in [-0.3, -0.25) is 4.79 Å². The van der Waals surface area contributed by atoms with E-state index in [4.69, 9.17) is 0 Å². The van der Waals surface area contributed by atoms with Gasteiger partial charge in [0.2, 0.25) is 0 Å². The van der Waals surface area contributed by atoms with E-state index in [0.29, 0.717) is 40.4 Å². The summed E-state index contributed by atoms with van der Waals surface area (Å²) in [4.78, 5) is 12.7. The third-order valence-electron chi connectivity index (χ3n) is 12.6. The molecule has 5 rings (SSSR count). The Morgan fingerprint density at radius 2 is 1.50 bits per heavy atom. The monoisotopic (exact) mass is 442 g/mol. The fraction of sp³-hybridized carbons (Fsp3) is 0.897. The van der Waals surface area contributed by atoms with Crippen molar-refractivity contribution in [3.8, 4) is 0 Å². The van der Waals surface area contributed by atoms with Gasteiger partial charge in [-0.2, -0.15) is 0 Å². The first kappa shape index (κ1) is 22.9. The molecule has 2 N–H and O–H groups in total. The number of carbonyl (C=O) groups is 1. The molecule has 0 aromatic rings. The summed E-state index contributed by atoms with van der Waals surface area (Å²) in [7, 11) is 0. The molecule has 32 heavy (non-hydrogen) atoms. The van der Waals surface area contributed by atoms with Gasteiger partial charge in [0.05, 0.1) is 11.5 Å². The lowest BCUT2D eigenvalue weighted by Crippen LogP contribution is -2.63. The quantitative estimate of drug-likeness (QED) is 0.468. The van der Waals surface area contributed by atoms with Gasteiger partial charge < -0.3 is 10.2 Å². The van der Waals surface area contributed by atoms with Crippen molar-refractivity contribution in [1.82, 2.24) is 0 Å². The van der Waals surface area contributed by atoms with Crippen LogP contribution in [0.2, 0.25) is 0 Å². The molecule has 5 aliphatic rings. The van der Waals surface area contributed by atoms with Gasteiger partial charge in [-0.25, -0.2) is 0 Å². The first-order chi connectivity index (χ1) is 14.9. The predicted octanol–water partition coefficient (Wildman–Crippen LogP) is 6.70. The van der Waals surface area contributed by atoms with Crippen LogP contribution in [0.3, 0.4) is 0 Å². The van der Waals surface area contributed by atoms with Gasteiger partial charge in [-0.15, -0.1) is 0 Å². The van der Waals surface area contributed by atoms with E-state index in [1.165, 1.54) is 31.3 Å². The molecule has 3 heteroatoms. The first-order valence-corrected chi connectivity index (χ1v) is 13.5. The number of allylic oxidation sites excluding steroid dienone is 1. The van der Waals surface area contributed by atoms with E-state index in [2.05, 4.69) is 41.2 Å². The number of carboxylic acids is 1. The highest BCUT2D eigenvalue weighted by molar-refractivity contribution is 5.76. The van der Waals surface area contributed by atoms with Gasteiger partial charge >= 0.3 is 5.97 Å². The summed E-state index contributed by atoms with van der Waals surface area (Å²) in [6, 6.07) is 0. The molecular formula is C29H46O3. The largest absolute Gasteiger partial charge is 0.481 e. The zero-order valence-corrected chi connectivity index (χ0v) is 21.1. The topological polar surface area (TPSA) is 57.5 Å². The number of hydrogen-bond donors (Lipinski definition) is 2. The molecule has 0 heterocycles. The SMILES string of the molecule is C=C(C)[C@@H]1CC[C@]2(C(=O)O)CC[C@H]3[C@@H](CC[C@H]4[C@]5(C)CC[C@@H](O)C(C)(C)[C@H]5CC[C@@]43C)[C@H]12. The molecule has 0 amide bonds. The smallest absolute Gasteiger partial charge is 0.309 e. The Morgan fingerprint density at radius 1 is 0.844 bits per heavy atom. The number of carboxylic acid groups (broad SMARTS) is 1. The van der Waals surface area contributed by atoms with E-state index >= 15 is 0 Å². The van der Waals surface area contributed by atoms with Crippen LogP contribution in [0, 0.1) is 57.2 Å². The maximum absolute atomic E-state index is 12.7. The summed E-state index contributed by atoms with van der Waals surface area (Å²) in [6.45, 7) is 16.2. The van der Waals surface area contributed by atoms with E-state index < -0.39 is 11.4 Å². The average Bonchev–Trinajstić information content (AvgIpc) is 3.12. The highest BCUT2D eigenvalue weighted by Crippen LogP contribution is 2.73. The van der Waals surface area contributed by atoms with Crippen molar-refractivity contribution in [2.75, 3.05) is 0 Å². The van der Waals surface area contributed by atoms with Crippen LogP contribution in [0.15, 0.2) is 12.2 Å². The lowest BCUT2D eigenvalue weighted by Gasteiger charge is -2.69. The molecule has 0 radical (unpaired) electrons. The second-order valence-electron chi connectivity index (χ2n) is 13.9. The molecule has 0 aromatic carbocycles. The van der Waals surface area contributed by atoms with E-state index in [9.17, 15) is 15.0 Å². The first-order valence-electron chi connectivity index (χ1n) is 13.5.